The Balaban J connectivity index is 2.07. The minimum Gasteiger partial charge on any atom is -0.461 e. The third-order valence-corrected chi connectivity index (χ3v) is 4.49. The van der Waals surface area contributed by atoms with Crippen LogP contribution in [0.25, 0.3) is 11.0 Å². The summed E-state index contributed by atoms with van der Waals surface area (Å²) in [5.74, 6) is -0.659. The van der Waals surface area contributed by atoms with E-state index in [2.05, 4.69) is 10.3 Å². The first-order chi connectivity index (χ1) is 11.6. The molecule has 6 nitrogen and oxygen atoms in total. The summed E-state index contributed by atoms with van der Waals surface area (Å²) in [5.41, 5.74) is 0.867. The van der Waals surface area contributed by atoms with E-state index < -0.39 is 5.97 Å². The maximum atomic E-state index is 12.9. The van der Waals surface area contributed by atoms with Crippen molar-refractivity contribution in [1.82, 2.24) is 14.9 Å². The van der Waals surface area contributed by atoms with Crippen LogP contribution in [0.1, 0.15) is 49.6 Å². The van der Waals surface area contributed by atoms with Crippen molar-refractivity contribution in [1.29, 1.82) is 0 Å². The molecule has 1 aromatic heterocycles. The minimum absolute atomic E-state index is 0.0332. The molecular formula is C18H23N3O3. The summed E-state index contributed by atoms with van der Waals surface area (Å²) in [4.78, 5) is 29.3. The molecule has 0 spiro atoms. The summed E-state index contributed by atoms with van der Waals surface area (Å²) in [5, 5.41) is 3.46. The molecule has 0 amide bonds. The lowest BCUT2D eigenvalue weighted by Crippen LogP contribution is -2.34. The molecule has 2 aromatic rings. The largest absolute Gasteiger partial charge is 0.461 e. The number of nitrogens with zero attached hydrogens (tertiary/aromatic N) is 2. The summed E-state index contributed by atoms with van der Waals surface area (Å²) in [7, 11) is 0. The van der Waals surface area contributed by atoms with Crippen molar-refractivity contribution >= 4 is 17.0 Å². The molecule has 1 unspecified atom stereocenters. The number of aromatic nitrogens is 2. The number of rotatable bonds is 5. The zero-order valence-corrected chi connectivity index (χ0v) is 14.1. The first kappa shape index (κ1) is 16.6. The zero-order chi connectivity index (χ0) is 17.1. The molecule has 2 atom stereocenters. The van der Waals surface area contributed by atoms with Crippen molar-refractivity contribution < 1.29 is 9.53 Å². The second kappa shape index (κ2) is 7.13. The first-order valence-electron chi connectivity index (χ1n) is 8.53. The Bertz CT molecular complexity index is 794. The van der Waals surface area contributed by atoms with Gasteiger partial charge in [0.1, 0.15) is 0 Å². The number of benzene rings is 1. The number of esters is 1. The van der Waals surface area contributed by atoms with Crippen molar-refractivity contribution in [3.05, 3.63) is 40.3 Å². The Labute approximate surface area is 140 Å². The van der Waals surface area contributed by atoms with Gasteiger partial charge in [0, 0.05) is 12.1 Å². The number of fused-ring (bicyclic) bond motifs is 1. The highest BCUT2D eigenvalue weighted by Crippen LogP contribution is 2.21. The van der Waals surface area contributed by atoms with Gasteiger partial charge in [-0.25, -0.2) is 9.78 Å². The van der Waals surface area contributed by atoms with E-state index in [0.29, 0.717) is 11.6 Å². The van der Waals surface area contributed by atoms with Crippen molar-refractivity contribution in [2.45, 2.75) is 45.2 Å². The topological polar surface area (TPSA) is 73.2 Å². The second-order valence-corrected chi connectivity index (χ2v) is 6.22. The minimum atomic E-state index is -0.659. The van der Waals surface area contributed by atoms with Crippen LogP contribution in [0.3, 0.4) is 0 Å². The van der Waals surface area contributed by atoms with Crippen LogP contribution in [0.15, 0.2) is 29.1 Å². The monoisotopic (exact) mass is 329 g/mol. The molecule has 1 N–H and O–H groups in total. The molecular weight excluding hydrogens is 306 g/mol. The Morgan fingerprint density at radius 2 is 2.25 bits per heavy atom. The molecule has 0 aliphatic carbocycles. The van der Waals surface area contributed by atoms with Gasteiger partial charge in [-0.05, 0) is 51.8 Å². The average Bonchev–Trinajstić information content (AvgIpc) is 3.07. The van der Waals surface area contributed by atoms with E-state index in [9.17, 15) is 9.59 Å². The van der Waals surface area contributed by atoms with E-state index in [0.717, 1.165) is 31.3 Å². The number of hydrogen-bond donors (Lipinski definition) is 1. The zero-order valence-electron chi connectivity index (χ0n) is 14.1. The summed E-state index contributed by atoms with van der Waals surface area (Å²) in [6, 6.07) is 7.79. The van der Waals surface area contributed by atoms with Gasteiger partial charge < -0.3 is 14.6 Å². The number of hydrogen-bond acceptors (Lipinski definition) is 5. The Hall–Kier alpha value is -2.21. The van der Waals surface area contributed by atoms with E-state index in [1.165, 1.54) is 0 Å². The smallest absolute Gasteiger partial charge is 0.362 e. The predicted molar refractivity (Wildman–Crippen MR) is 92.3 cm³/mol. The highest BCUT2D eigenvalue weighted by atomic mass is 16.5. The quantitative estimate of drug-likeness (QED) is 0.852. The van der Waals surface area contributed by atoms with Crippen LogP contribution >= 0.6 is 0 Å². The van der Waals surface area contributed by atoms with Crippen molar-refractivity contribution in [3.8, 4) is 0 Å². The molecule has 1 aliphatic heterocycles. The van der Waals surface area contributed by atoms with Crippen LogP contribution in [0.4, 0.5) is 0 Å². The Kier molecular flexibility index (Phi) is 4.94. The molecule has 1 aliphatic rings. The van der Waals surface area contributed by atoms with E-state index in [4.69, 9.17) is 4.74 Å². The number of para-hydroxylation sites is 2. The molecule has 0 bridgehead atoms. The summed E-state index contributed by atoms with van der Waals surface area (Å²) < 4.78 is 6.69. The van der Waals surface area contributed by atoms with Gasteiger partial charge in [-0.1, -0.05) is 12.1 Å². The summed E-state index contributed by atoms with van der Waals surface area (Å²) in [6.45, 7) is 4.97. The molecule has 0 saturated carbocycles. The van der Waals surface area contributed by atoms with Gasteiger partial charge in [-0.15, -0.1) is 0 Å². The SMILES string of the molecule is CCOC(=O)c1nc2ccccc2n(C(C)C[C@@H]2CCCN2)c1=O. The molecule has 24 heavy (non-hydrogen) atoms. The van der Waals surface area contributed by atoms with Gasteiger partial charge in [-0.2, -0.15) is 0 Å². The van der Waals surface area contributed by atoms with Crippen molar-refractivity contribution in [3.63, 3.8) is 0 Å². The fraction of sp³-hybridized carbons (Fsp3) is 0.500. The Morgan fingerprint density at radius 3 is 2.96 bits per heavy atom. The number of ether oxygens (including phenoxy) is 1. The normalized spacial score (nSPS) is 18.7. The molecule has 2 heterocycles. The molecule has 6 heteroatoms. The lowest BCUT2D eigenvalue weighted by Gasteiger charge is -2.21. The number of carbonyl (C=O) groups is 1. The van der Waals surface area contributed by atoms with Crippen LogP contribution in [0, 0.1) is 0 Å². The molecule has 1 saturated heterocycles. The van der Waals surface area contributed by atoms with Gasteiger partial charge in [0.25, 0.3) is 5.56 Å². The summed E-state index contributed by atoms with van der Waals surface area (Å²) in [6.07, 6.45) is 3.13. The lowest BCUT2D eigenvalue weighted by molar-refractivity contribution is 0.0516. The summed E-state index contributed by atoms with van der Waals surface area (Å²) >= 11 is 0. The van der Waals surface area contributed by atoms with Gasteiger partial charge in [-0.3, -0.25) is 4.79 Å². The number of carbonyl (C=O) groups excluding carboxylic acids is 1. The Morgan fingerprint density at radius 1 is 1.46 bits per heavy atom. The fourth-order valence-electron chi connectivity index (χ4n) is 3.40. The van der Waals surface area contributed by atoms with Gasteiger partial charge in [0.05, 0.1) is 17.6 Å². The number of nitrogens with one attached hydrogen (secondary N) is 1. The van der Waals surface area contributed by atoms with E-state index >= 15 is 0 Å². The highest BCUT2D eigenvalue weighted by Gasteiger charge is 2.24. The third-order valence-electron chi connectivity index (χ3n) is 4.49. The second-order valence-electron chi connectivity index (χ2n) is 6.22. The van der Waals surface area contributed by atoms with Crippen LogP contribution in [0.5, 0.6) is 0 Å². The standard InChI is InChI=1S/C18H23N3O3/c1-3-24-18(23)16-17(22)21(12(2)11-13-7-6-10-19-13)15-9-5-4-8-14(15)20-16/h4-5,8-9,12-13,19H,3,6-7,10-11H2,1-2H3/t12?,13-/m0/s1. The van der Waals surface area contributed by atoms with Crippen LogP contribution in [-0.2, 0) is 4.74 Å². The average molecular weight is 329 g/mol. The van der Waals surface area contributed by atoms with Crippen LogP contribution in [0.2, 0.25) is 0 Å². The van der Waals surface area contributed by atoms with Gasteiger partial charge in [0.15, 0.2) is 0 Å². The van der Waals surface area contributed by atoms with Gasteiger partial charge >= 0.3 is 5.97 Å². The predicted octanol–water partition coefficient (Wildman–Crippen LogP) is 2.28. The molecule has 128 valence electrons. The lowest BCUT2D eigenvalue weighted by atomic mass is 10.1. The van der Waals surface area contributed by atoms with E-state index in [1.807, 2.05) is 31.2 Å². The van der Waals surface area contributed by atoms with E-state index in [-0.39, 0.29) is 23.9 Å². The molecule has 0 radical (unpaired) electrons. The first-order valence-corrected chi connectivity index (χ1v) is 8.53. The molecule has 3 rings (SSSR count). The molecule has 1 fully saturated rings. The fourth-order valence-corrected chi connectivity index (χ4v) is 3.40. The van der Waals surface area contributed by atoms with Crippen molar-refractivity contribution in [2.75, 3.05) is 13.2 Å². The highest BCUT2D eigenvalue weighted by molar-refractivity contribution is 5.89. The van der Waals surface area contributed by atoms with E-state index in [1.54, 1.807) is 11.5 Å². The van der Waals surface area contributed by atoms with Gasteiger partial charge in [0.2, 0.25) is 5.69 Å². The molecule has 1 aromatic carbocycles. The third kappa shape index (κ3) is 3.19. The maximum Gasteiger partial charge on any atom is 0.362 e. The maximum absolute atomic E-state index is 12.9. The van der Waals surface area contributed by atoms with Crippen molar-refractivity contribution in [2.24, 2.45) is 0 Å². The van der Waals surface area contributed by atoms with Crippen LogP contribution in [-0.4, -0.2) is 34.7 Å². The van der Waals surface area contributed by atoms with Crippen LogP contribution < -0.4 is 10.9 Å².